The summed E-state index contributed by atoms with van der Waals surface area (Å²) in [5, 5.41) is 0.968. The second-order valence-corrected chi connectivity index (χ2v) is 5.75. The van der Waals surface area contributed by atoms with Gasteiger partial charge in [-0.15, -0.1) is 13.2 Å². The maximum atomic E-state index is 12.1. The first-order valence-electron chi connectivity index (χ1n) is 6.72. The van der Waals surface area contributed by atoms with Gasteiger partial charge in [0.25, 0.3) is 0 Å². The zero-order valence-electron chi connectivity index (χ0n) is 12.3. The summed E-state index contributed by atoms with van der Waals surface area (Å²) < 4.78 is 40.1. The van der Waals surface area contributed by atoms with Crippen LogP contribution in [0.4, 0.5) is 18.9 Å². The Balaban J connectivity index is 1.88. The van der Waals surface area contributed by atoms with Gasteiger partial charge in [-0.05, 0) is 35.9 Å². The van der Waals surface area contributed by atoms with Crippen molar-refractivity contribution < 1.29 is 17.9 Å². The van der Waals surface area contributed by atoms with Gasteiger partial charge >= 0.3 is 6.36 Å². The quantitative estimate of drug-likeness (QED) is 0.647. The predicted octanol–water partition coefficient (Wildman–Crippen LogP) is 5.56. The highest BCUT2D eigenvalue weighted by Crippen LogP contribution is 2.24. The first-order chi connectivity index (χ1) is 11.2. The van der Waals surface area contributed by atoms with Crippen molar-refractivity contribution in [3.63, 3.8) is 0 Å². The Bertz CT molecular complexity index is 698. The summed E-state index contributed by atoms with van der Waals surface area (Å²) in [6, 6.07) is 10.5. The van der Waals surface area contributed by atoms with Crippen molar-refractivity contribution in [3.8, 4) is 5.75 Å². The number of hydrogen-bond acceptors (Lipinski definition) is 3. The van der Waals surface area contributed by atoms with Gasteiger partial charge in [0.2, 0.25) is 0 Å². The Labute approximate surface area is 147 Å². The van der Waals surface area contributed by atoms with Gasteiger partial charge in [-0.25, -0.2) is 0 Å². The maximum absolute atomic E-state index is 12.1. The molecule has 0 radical (unpaired) electrons. The lowest BCUT2D eigenvalue weighted by Crippen LogP contribution is -2.21. The molecular formula is C16H13Cl2F3N2O. The summed E-state index contributed by atoms with van der Waals surface area (Å²) in [6.07, 6.45) is -4.29. The molecular weight excluding hydrogens is 364 g/mol. The van der Waals surface area contributed by atoms with Crippen molar-refractivity contribution in [1.82, 2.24) is 5.43 Å². The standard InChI is InChI=1S/C16H13Cl2F3N2O/c1-10(22-23-14-8-12(17)7-13(18)9-14)6-11-2-4-15(5-3-11)24-16(19,20)21/h2-5,7-9,22-23H,1,6H2. The van der Waals surface area contributed by atoms with E-state index in [1.54, 1.807) is 18.2 Å². The third-order valence-corrected chi connectivity index (χ3v) is 3.26. The molecule has 2 aromatic carbocycles. The van der Waals surface area contributed by atoms with Gasteiger partial charge in [-0.2, -0.15) is 0 Å². The van der Waals surface area contributed by atoms with Crippen molar-refractivity contribution in [2.75, 3.05) is 5.43 Å². The van der Waals surface area contributed by atoms with E-state index >= 15 is 0 Å². The maximum Gasteiger partial charge on any atom is 0.573 e. The predicted molar refractivity (Wildman–Crippen MR) is 89.2 cm³/mol. The smallest absolute Gasteiger partial charge is 0.406 e. The zero-order chi connectivity index (χ0) is 17.7. The molecule has 0 amide bonds. The lowest BCUT2D eigenvalue weighted by molar-refractivity contribution is -0.274. The van der Waals surface area contributed by atoms with E-state index < -0.39 is 6.36 Å². The second kappa shape index (κ2) is 7.68. The number of anilines is 1. The minimum absolute atomic E-state index is 0.267. The molecule has 0 spiro atoms. The molecule has 0 bridgehead atoms. The van der Waals surface area contributed by atoms with Crippen LogP contribution in [0.5, 0.6) is 5.75 Å². The number of ether oxygens (including phenoxy) is 1. The first kappa shape index (κ1) is 18.3. The second-order valence-electron chi connectivity index (χ2n) is 4.88. The van der Waals surface area contributed by atoms with Gasteiger partial charge in [-0.3, -0.25) is 0 Å². The molecule has 0 aliphatic carbocycles. The molecule has 24 heavy (non-hydrogen) atoms. The van der Waals surface area contributed by atoms with Gasteiger partial charge in [0, 0.05) is 22.2 Å². The number of halogens is 5. The summed E-state index contributed by atoms with van der Waals surface area (Å²) in [4.78, 5) is 0. The van der Waals surface area contributed by atoms with Crippen LogP contribution in [0, 0.1) is 0 Å². The number of nitrogens with one attached hydrogen (secondary N) is 2. The average Bonchev–Trinajstić information content (AvgIpc) is 2.45. The van der Waals surface area contributed by atoms with Crippen molar-refractivity contribution in [1.29, 1.82) is 0 Å². The van der Waals surface area contributed by atoms with E-state index in [2.05, 4.69) is 22.2 Å². The molecule has 0 atom stereocenters. The Morgan fingerprint density at radius 1 is 1.04 bits per heavy atom. The highest BCUT2D eigenvalue weighted by atomic mass is 35.5. The van der Waals surface area contributed by atoms with E-state index in [4.69, 9.17) is 23.2 Å². The van der Waals surface area contributed by atoms with Crippen LogP contribution < -0.4 is 15.6 Å². The highest BCUT2D eigenvalue weighted by Gasteiger charge is 2.30. The lowest BCUT2D eigenvalue weighted by atomic mass is 10.1. The number of alkyl halides is 3. The molecule has 0 fully saturated rings. The van der Waals surface area contributed by atoms with E-state index in [0.717, 1.165) is 5.56 Å². The molecule has 0 unspecified atom stereocenters. The van der Waals surface area contributed by atoms with Crippen LogP contribution in [0.15, 0.2) is 54.7 Å². The molecule has 3 nitrogen and oxygen atoms in total. The SMILES string of the molecule is C=C(Cc1ccc(OC(F)(F)F)cc1)NNc1cc(Cl)cc(Cl)c1. The molecule has 2 aromatic rings. The van der Waals surface area contributed by atoms with Crippen molar-refractivity contribution in [2.24, 2.45) is 0 Å². The van der Waals surface area contributed by atoms with Gasteiger partial charge in [0.05, 0.1) is 5.69 Å². The van der Waals surface area contributed by atoms with Gasteiger partial charge in [-0.1, -0.05) is 41.9 Å². The molecule has 0 saturated carbocycles. The molecule has 128 valence electrons. The summed E-state index contributed by atoms with van der Waals surface area (Å²) in [5.41, 5.74) is 7.81. The fraction of sp³-hybridized carbons (Fsp3) is 0.125. The molecule has 0 heterocycles. The summed E-state index contributed by atoms with van der Waals surface area (Å²) in [5.74, 6) is -0.267. The molecule has 8 heteroatoms. The number of rotatable bonds is 6. The van der Waals surface area contributed by atoms with Crippen LogP contribution in [-0.4, -0.2) is 6.36 Å². The van der Waals surface area contributed by atoms with Crippen molar-refractivity contribution >= 4 is 28.9 Å². The fourth-order valence-electron chi connectivity index (χ4n) is 1.89. The molecule has 0 aliphatic heterocycles. The monoisotopic (exact) mass is 376 g/mol. The average molecular weight is 377 g/mol. The van der Waals surface area contributed by atoms with E-state index in [0.29, 0.717) is 27.9 Å². The molecule has 0 aliphatic rings. The Hall–Kier alpha value is -2.05. The molecule has 0 aromatic heterocycles. The van der Waals surface area contributed by atoms with Crippen molar-refractivity contribution in [2.45, 2.75) is 12.8 Å². The highest BCUT2D eigenvalue weighted by molar-refractivity contribution is 6.35. The van der Waals surface area contributed by atoms with Crippen LogP contribution in [0.2, 0.25) is 10.0 Å². The van der Waals surface area contributed by atoms with Crippen LogP contribution in [0.3, 0.4) is 0 Å². The van der Waals surface area contributed by atoms with E-state index in [1.807, 2.05) is 0 Å². The van der Waals surface area contributed by atoms with Crippen molar-refractivity contribution in [3.05, 3.63) is 70.3 Å². The summed E-state index contributed by atoms with van der Waals surface area (Å²) in [6.45, 7) is 3.84. The molecule has 2 N–H and O–H groups in total. The largest absolute Gasteiger partial charge is 0.573 e. The summed E-state index contributed by atoms with van der Waals surface area (Å²) in [7, 11) is 0. The van der Waals surface area contributed by atoms with E-state index in [-0.39, 0.29) is 5.75 Å². The third-order valence-electron chi connectivity index (χ3n) is 2.82. The number of allylic oxidation sites excluding steroid dienone is 1. The lowest BCUT2D eigenvalue weighted by Gasteiger charge is -2.13. The van der Waals surface area contributed by atoms with Gasteiger partial charge < -0.3 is 15.6 Å². The summed E-state index contributed by atoms with van der Waals surface area (Å²) >= 11 is 11.8. The van der Waals surface area contributed by atoms with E-state index in [1.165, 1.54) is 24.3 Å². The fourth-order valence-corrected chi connectivity index (χ4v) is 2.41. The number of hydrazine groups is 1. The van der Waals surface area contributed by atoms with Gasteiger partial charge in [0.1, 0.15) is 5.75 Å². The van der Waals surface area contributed by atoms with Crippen LogP contribution >= 0.6 is 23.2 Å². The van der Waals surface area contributed by atoms with Gasteiger partial charge in [0.15, 0.2) is 0 Å². The molecule has 0 saturated heterocycles. The van der Waals surface area contributed by atoms with Crippen LogP contribution in [0.1, 0.15) is 5.56 Å². The Kier molecular flexibility index (Phi) is 5.85. The third kappa shape index (κ3) is 6.22. The zero-order valence-corrected chi connectivity index (χ0v) is 13.8. The Morgan fingerprint density at radius 3 is 2.17 bits per heavy atom. The normalized spacial score (nSPS) is 11.0. The molecule has 2 rings (SSSR count). The van der Waals surface area contributed by atoms with E-state index in [9.17, 15) is 13.2 Å². The Morgan fingerprint density at radius 2 is 1.62 bits per heavy atom. The number of benzene rings is 2. The van der Waals surface area contributed by atoms with Crippen LogP contribution in [0.25, 0.3) is 0 Å². The minimum atomic E-state index is -4.70. The minimum Gasteiger partial charge on any atom is -0.406 e. The number of hydrogen-bond donors (Lipinski definition) is 2. The van der Waals surface area contributed by atoms with Crippen LogP contribution in [-0.2, 0) is 6.42 Å². The topological polar surface area (TPSA) is 33.3 Å². The first-order valence-corrected chi connectivity index (χ1v) is 7.47.